The molecule has 0 aliphatic heterocycles. The summed E-state index contributed by atoms with van der Waals surface area (Å²) in [6.07, 6.45) is 2.96. The monoisotopic (exact) mass is 482 g/mol. The van der Waals surface area contributed by atoms with Crippen LogP contribution in [0.15, 0.2) is 36.7 Å². The molecule has 1 radical (unpaired) electrons. The minimum absolute atomic E-state index is 0. The molecule has 0 saturated carbocycles. The first-order valence-electron chi connectivity index (χ1n) is 6.72. The second kappa shape index (κ2) is 11.3. The third-order valence-corrected chi connectivity index (χ3v) is 2.50. The summed E-state index contributed by atoms with van der Waals surface area (Å²) in [6, 6.07) is 10.7. The fourth-order valence-corrected chi connectivity index (χ4v) is 1.69. The van der Waals surface area contributed by atoms with Crippen LogP contribution in [0.5, 0.6) is 5.88 Å². The van der Waals surface area contributed by atoms with E-state index in [9.17, 15) is 0 Å². The second-order valence-electron chi connectivity index (χ2n) is 4.62. The van der Waals surface area contributed by atoms with Crippen molar-refractivity contribution in [2.75, 3.05) is 7.11 Å². The largest absolute Gasteiger partial charge is 0.486 e. The summed E-state index contributed by atoms with van der Waals surface area (Å²) in [4.78, 5) is 8.27. The fraction of sp³-hybridized carbons (Fsp3) is 0.375. The zero-order chi connectivity index (χ0) is 15.7. The Balaban J connectivity index is 0.000000478. The summed E-state index contributed by atoms with van der Waals surface area (Å²) in [5.41, 5.74) is 1.60. The van der Waals surface area contributed by atoms with Gasteiger partial charge in [0.25, 0.3) is 0 Å². The zero-order valence-electron chi connectivity index (χ0n) is 12.9. The van der Waals surface area contributed by atoms with E-state index in [1.165, 1.54) is 0 Å². The summed E-state index contributed by atoms with van der Waals surface area (Å²) in [5, 5.41) is 17.1. The number of hydrogen-bond acceptors (Lipinski definition) is 5. The van der Waals surface area contributed by atoms with Crippen LogP contribution in [0.25, 0.3) is 11.3 Å². The molecule has 1 heterocycles. The molecule has 0 amide bonds. The van der Waals surface area contributed by atoms with E-state index in [1.54, 1.807) is 33.4 Å². The van der Waals surface area contributed by atoms with E-state index in [1.807, 2.05) is 24.3 Å². The first kappa shape index (κ1) is 20.7. The molecule has 2 N–H and O–H groups in total. The maximum atomic E-state index is 8.56. The van der Waals surface area contributed by atoms with E-state index in [4.69, 9.17) is 14.9 Å². The van der Waals surface area contributed by atoms with Gasteiger partial charge in [-0.25, -0.2) is 4.98 Å². The van der Waals surface area contributed by atoms with Crippen molar-refractivity contribution in [1.82, 2.24) is 9.97 Å². The quantitative estimate of drug-likeness (QED) is 0.655. The summed E-state index contributed by atoms with van der Waals surface area (Å²) in [5.74, 6) is 0.523. The van der Waals surface area contributed by atoms with Gasteiger partial charge in [0.2, 0.25) is 0 Å². The molecule has 123 valence electrons. The Kier molecular flexibility index (Phi) is 10.6. The van der Waals surface area contributed by atoms with Crippen LogP contribution in [0.1, 0.15) is 20.3 Å². The zero-order valence-corrected chi connectivity index (χ0v) is 15.3. The Hall–Kier alpha value is -1.33. The molecule has 0 spiro atoms. The number of ether oxygens (including phenoxy) is 1. The molecule has 2 rings (SSSR count). The van der Waals surface area contributed by atoms with Crippen LogP contribution in [0, 0.1) is 6.07 Å². The maximum Gasteiger partial charge on any atom is 0.194 e. The minimum Gasteiger partial charge on any atom is -0.486 e. The van der Waals surface area contributed by atoms with Gasteiger partial charge in [-0.3, -0.25) is 4.98 Å². The van der Waals surface area contributed by atoms with Gasteiger partial charge in [0.15, 0.2) is 5.88 Å². The van der Waals surface area contributed by atoms with Gasteiger partial charge in [0, 0.05) is 38.2 Å². The molecule has 6 heteroatoms. The number of aliphatic hydroxyl groups excluding tert-OH is 2. The van der Waals surface area contributed by atoms with E-state index in [0.717, 1.165) is 11.3 Å². The Morgan fingerprint density at radius 3 is 2.23 bits per heavy atom. The molecule has 2 aromatic rings. The SMILES string of the molecule is CC(O)CC(C)O.COc1nccnc1-c1[c-]cccc1.[Ir]. The molecule has 5 nitrogen and oxygen atoms in total. The second-order valence-corrected chi connectivity index (χ2v) is 4.62. The van der Waals surface area contributed by atoms with E-state index in [2.05, 4.69) is 16.0 Å². The number of aromatic nitrogens is 2. The average Bonchev–Trinajstić information content (AvgIpc) is 2.47. The van der Waals surface area contributed by atoms with Crippen LogP contribution in [-0.2, 0) is 20.1 Å². The van der Waals surface area contributed by atoms with Gasteiger partial charge in [0.05, 0.1) is 19.3 Å². The molecule has 0 fully saturated rings. The summed E-state index contributed by atoms with van der Waals surface area (Å²) >= 11 is 0. The van der Waals surface area contributed by atoms with Gasteiger partial charge in [-0.1, -0.05) is 0 Å². The number of nitrogens with zero attached hydrogens (tertiary/aromatic N) is 2. The third kappa shape index (κ3) is 7.61. The Morgan fingerprint density at radius 1 is 1.14 bits per heavy atom. The van der Waals surface area contributed by atoms with E-state index < -0.39 is 0 Å². The van der Waals surface area contributed by atoms with Crippen LogP contribution in [-0.4, -0.2) is 39.5 Å². The van der Waals surface area contributed by atoms with Crippen LogP contribution >= 0.6 is 0 Å². The Morgan fingerprint density at radius 2 is 1.77 bits per heavy atom. The molecule has 1 aromatic heterocycles. The Bertz CT molecular complexity index is 516. The van der Waals surface area contributed by atoms with Gasteiger partial charge >= 0.3 is 0 Å². The molecule has 1 aromatic carbocycles. The van der Waals surface area contributed by atoms with Crippen molar-refractivity contribution in [1.29, 1.82) is 0 Å². The van der Waals surface area contributed by atoms with E-state index in [-0.39, 0.29) is 32.3 Å². The van der Waals surface area contributed by atoms with Crippen molar-refractivity contribution in [3.63, 3.8) is 0 Å². The van der Waals surface area contributed by atoms with Crippen molar-refractivity contribution < 1.29 is 35.1 Å². The van der Waals surface area contributed by atoms with Gasteiger partial charge in [0.1, 0.15) is 0 Å². The standard InChI is InChI=1S/C11H9N2O.C5H12O2.Ir/c1-14-11-10(12-7-8-13-11)9-5-3-2-4-6-9;1-4(6)3-5(2)7;/h2-5,7-8H,1H3;4-7H,3H2,1-2H3;/q-1;;. The number of hydrogen-bond donors (Lipinski definition) is 2. The fourth-order valence-electron chi connectivity index (χ4n) is 1.69. The third-order valence-electron chi connectivity index (χ3n) is 2.50. The first-order chi connectivity index (χ1) is 10.0. The van der Waals surface area contributed by atoms with Crippen molar-refractivity contribution >= 4 is 0 Å². The van der Waals surface area contributed by atoms with E-state index >= 15 is 0 Å². The Labute approximate surface area is 144 Å². The number of methoxy groups -OCH3 is 1. The summed E-state index contributed by atoms with van der Waals surface area (Å²) in [6.45, 7) is 3.32. The van der Waals surface area contributed by atoms with Crippen LogP contribution in [0.3, 0.4) is 0 Å². The van der Waals surface area contributed by atoms with Gasteiger partial charge in [-0.2, -0.15) is 0 Å². The molecule has 0 bridgehead atoms. The molecular formula is C16H21IrN2O3-. The molecule has 2 atom stereocenters. The molecule has 0 aliphatic carbocycles. The van der Waals surface area contributed by atoms with Crippen molar-refractivity contribution in [3.05, 3.63) is 42.7 Å². The molecule has 0 aliphatic rings. The maximum absolute atomic E-state index is 8.56. The predicted molar refractivity (Wildman–Crippen MR) is 80.8 cm³/mol. The molecular weight excluding hydrogens is 460 g/mol. The first-order valence-corrected chi connectivity index (χ1v) is 6.72. The predicted octanol–water partition coefficient (Wildman–Crippen LogP) is 2.09. The van der Waals surface area contributed by atoms with Crippen molar-refractivity contribution in [2.45, 2.75) is 32.5 Å². The minimum atomic E-state index is -0.375. The van der Waals surface area contributed by atoms with Crippen LogP contribution < -0.4 is 4.74 Å². The average molecular weight is 482 g/mol. The molecule has 0 saturated heterocycles. The summed E-state index contributed by atoms with van der Waals surface area (Å²) in [7, 11) is 1.58. The number of rotatable bonds is 4. The summed E-state index contributed by atoms with van der Waals surface area (Å²) < 4.78 is 5.11. The van der Waals surface area contributed by atoms with Gasteiger partial charge < -0.3 is 14.9 Å². The van der Waals surface area contributed by atoms with Gasteiger partial charge in [-0.15, -0.1) is 35.9 Å². The number of aliphatic hydroxyl groups is 2. The molecule has 2 unspecified atom stereocenters. The van der Waals surface area contributed by atoms with E-state index in [0.29, 0.717) is 12.3 Å². The van der Waals surface area contributed by atoms with Crippen LogP contribution in [0.2, 0.25) is 0 Å². The van der Waals surface area contributed by atoms with Crippen LogP contribution in [0.4, 0.5) is 0 Å². The van der Waals surface area contributed by atoms with Gasteiger partial charge in [-0.05, 0) is 20.3 Å². The van der Waals surface area contributed by atoms with Crippen molar-refractivity contribution in [2.24, 2.45) is 0 Å². The topological polar surface area (TPSA) is 75.5 Å². The normalized spacial score (nSPS) is 12.2. The smallest absolute Gasteiger partial charge is 0.194 e. The van der Waals surface area contributed by atoms with Crippen molar-refractivity contribution in [3.8, 4) is 17.1 Å². The number of benzene rings is 1. The molecule has 22 heavy (non-hydrogen) atoms.